The van der Waals surface area contributed by atoms with Gasteiger partial charge >= 0.3 is 0 Å². The first-order chi connectivity index (χ1) is 7.11. The molecule has 4 nitrogen and oxygen atoms in total. The van der Waals surface area contributed by atoms with Gasteiger partial charge in [0, 0.05) is 6.42 Å². The van der Waals surface area contributed by atoms with Crippen LogP contribution in [0, 0.1) is 0 Å². The van der Waals surface area contributed by atoms with Crippen LogP contribution in [0.2, 0.25) is 0 Å². The summed E-state index contributed by atoms with van der Waals surface area (Å²) in [7, 11) is 0. The maximum Gasteiger partial charge on any atom is 0.165 e. The molecular formula is C11H12O4. The van der Waals surface area contributed by atoms with Gasteiger partial charge in [-0.1, -0.05) is 12.1 Å². The third-order valence-electron chi connectivity index (χ3n) is 1.91. The molecule has 80 valence electrons. The van der Waals surface area contributed by atoms with Gasteiger partial charge in [-0.25, -0.2) is 0 Å². The van der Waals surface area contributed by atoms with Crippen molar-refractivity contribution in [2.75, 3.05) is 6.61 Å². The van der Waals surface area contributed by atoms with Crippen LogP contribution in [0.25, 0.3) is 0 Å². The average molecular weight is 208 g/mol. The molecule has 4 heteroatoms. The van der Waals surface area contributed by atoms with Crippen LogP contribution < -0.4 is 0 Å². The smallest absolute Gasteiger partial charge is 0.165 e. The lowest BCUT2D eigenvalue weighted by Gasteiger charge is -2.00. The van der Waals surface area contributed by atoms with Crippen LogP contribution in [0.5, 0.6) is 5.75 Å². The maximum atomic E-state index is 11.3. The molecule has 0 amide bonds. The number of phenolic OH excluding ortho intramolecular Hbond substituents is 1. The minimum atomic E-state index is -0.596. The molecule has 0 aliphatic heterocycles. The minimum Gasteiger partial charge on any atom is -0.508 e. The second kappa shape index (κ2) is 5.26. The van der Waals surface area contributed by atoms with E-state index in [1.807, 2.05) is 0 Å². The largest absolute Gasteiger partial charge is 0.508 e. The lowest BCUT2D eigenvalue weighted by molar-refractivity contribution is -0.128. The summed E-state index contributed by atoms with van der Waals surface area (Å²) in [5, 5.41) is 17.5. The van der Waals surface area contributed by atoms with Crippen LogP contribution in [0.3, 0.4) is 0 Å². The number of ketones is 2. The van der Waals surface area contributed by atoms with Crippen molar-refractivity contribution in [3.8, 4) is 5.75 Å². The van der Waals surface area contributed by atoms with E-state index < -0.39 is 12.4 Å². The first-order valence-electron chi connectivity index (χ1n) is 4.54. The number of phenols is 1. The maximum absolute atomic E-state index is 11.3. The van der Waals surface area contributed by atoms with Crippen molar-refractivity contribution in [2.24, 2.45) is 0 Å². The first-order valence-corrected chi connectivity index (χ1v) is 4.54. The molecule has 15 heavy (non-hydrogen) atoms. The molecule has 2 N–H and O–H groups in total. The molecule has 1 aromatic rings. The summed E-state index contributed by atoms with van der Waals surface area (Å²) in [5.74, 6) is -0.573. The molecule has 0 heterocycles. The number of carbonyl (C=O) groups is 2. The molecule has 0 aliphatic rings. The van der Waals surface area contributed by atoms with Crippen LogP contribution in [-0.2, 0) is 16.0 Å². The Balaban J connectivity index is 2.51. The molecule has 0 saturated carbocycles. The fourth-order valence-corrected chi connectivity index (χ4v) is 1.18. The van der Waals surface area contributed by atoms with Crippen molar-refractivity contribution in [1.82, 2.24) is 0 Å². The summed E-state index contributed by atoms with van der Waals surface area (Å²) in [6.45, 7) is -0.596. The van der Waals surface area contributed by atoms with E-state index in [1.54, 1.807) is 12.1 Å². The van der Waals surface area contributed by atoms with Crippen LogP contribution in [0.4, 0.5) is 0 Å². The van der Waals surface area contributed by atoms with Crippen LogP contribution in [0.1, 0.15) is 12.0 Å². The van der Waals surface area contributed by atoms with Gasteiger partial charge in [-0.2, -0.15) is 0 Å². The number of Topliss-reactive ketones (excluding diaryl/α,β-unsaturated/α-hetero) is 2. The van der Waals surface area contributed by atoms with E-state index in [1.165, 1.54) is 12.1 Å². The Bertz CT molecular complexity index is 353. The van der Waals surface area contributed by atoms with E-state index >= 15 is 0 Å². The predicted octanol–water partition coefficient (Wildman–Crippen LogP) is 0.455. The second-order valence-corrected chi connectivity index (χ2v) is 3.26. The summed E-state index contributed by atoms with van der Waals surface area (Å²) in [6, 6.07) is 6.21. The minimum absolute atomic E-state index is 0.137. The van der Waals surface area contributed by atoms with Crippen molar-refractivity contribution < 1.29 is 19.8 Å². The van der Waals surface area contributed by atoms with E-state index in [0.717, 1.165) is 5.56 Å². The van der Waals surface area contributed by atoms with E-state index in [9.17, 15) is 9.59 Å². The highest BCUT2D eigenvalue weighted by atomic mass is 16.3. The highest BCUT2D eigenvalue weighted by Crippen LogP contribution is 2.10. The Morgan fingerprint density at radius 1 is 1.07 bits per heavy atom. The molecule has 0 radical (unpaired) electrons. The van der Waals surface area contributed by atoms with Gasteiger partial charge in [0.25, 0.3) is 0 Å². The molecule has 0 aliphatic carbocycles. The van der Waals surface area contributed by atoms with Gasteiger partial charge in [0.15, 0.2) is 5.78 Å². The zero-order valence-corrected chi connectivity index (χ0v) is 8.14. The van der Waals surface area contributed by atoms with Crippen molar-refractivity contribution in [3.63, 3.8) is 0 Å². The average Bonchev–Trinajstić information content (AvgIpc) is 2.21. The molecule has 0 bridgehead atoms. The molecule has 0 fully saturated rings. The number of hydrogen-bond acceptors (Lipinski definition) is 4. The third-order valence-corrected chi connectivity index (χ3v) is 1.91. The standard InChI is InChI=1S/C11H12O4/c12-7-11(15)6-10(14)5-8-1-3-9(13)4-2-8/h1-4,12-13H,5-7H2. The van der Waals surface area contributed by atoms with Crippen LogP contribution in [-0.4, -0.2) is 28.4 Å². The SMILES string of the molecule is O=C(CO)CC(=O)Cc1ccc(O)cc1. The van der Waals surface area contributed by atoms with Gasteiger partial charge in [0.1, 0.15) is 18.1 Å². The van der Waals surface area contributed by atoms with E-state index in [0.29, 0.717) is 0 Å². The number of hydrogen-bond donors (Lipinski definition) is 2. The molecule has 0 unspecified atom stereocenters. The van der Waals surface area contributed by atoms with Crippen LogP contribution in [0.15, 0.2) is 24.3 Å². The molecule has 0 spiro atoms. The van der Waals surface area contributed by atoms with E-state index in [4.69, 9.17) is 10.2 Å². The van der Waals surface area contributed by atoms with Crippen molar-refractivity contribution in [3.05, 3.63) is 29.8 Å². The number of aliphatic hydroxyl groups excluding tert-OH is 1. The number of aromatic hydroxyl groups is 1. The number of carbonyl (C=O) groups excluding carboxylic acids is 2. The Morgan fingerprint density at radius 3 is 2.20 bits per heavy atom. The van der Waals surface area contributed by atoms with Gasteiger partial charge in [-0.15, -0.1) is 0 Å². The number of rotatable bonds is 5. The van der Waals surface area contributed by atoms with Crippen LogP contribution >= 0.6 is 0 Å². The molecule has 0 atom stereocenters. The third kappa shape index (κ3) is 3.91. The molecule has 1 aromatic carbocycles. The van der Waals surface area contributed by atoms with E-state index in [-0.39, 0.29) is 24.4 Å². The molecular weight excluding hydrogens is 196 g/mol. The molecule has 0 saturated heterocycles. The van der Waals surface area contributed by atoms with Gasteiger partial charge in [0.2, 0.25) is 0 Å². The quantitative estimate of drug-likeness (QED) is 0.689. The zero-order valence-electron chi connectivity index (χ0n) is 8.14. The molecule has 0 aromatic heterocycles. The zero-order chi connectivity index (χ0) is 11.3. The summed E-state index contributed by atoms with van der Waals surface area (Å²) in [4.78, 5) is 22.0. The Hall–Kier alpha value is -1.68. The van der Waals surface area contributed by atoms with Crippen molar-refractivity contribution in [2.45, 2.75) is 12.8 Å². The van der Waals surface area contributed by atoms with Gasteiger partial charge in [-0.05, 0) is 17.7 Å². The number of aliphatic hydroxyl groups is 1. The highest BCUT2D eigenvalue weighted by Gasteiger charge is 2.09. The Morgan fingerprint density at radius 2 is 1.67 bits per heavy atom. The van der Waals surface area contributed by atoms with Gasteiger partial charge < -0.3 is 10.2 Å². The Labute approximate surface area is 87.2 Å². The van der Waals surface area contributed by atoms with E-state index in [2.05, 4.69) is 0 Å². The Kier molecular flexibility index (Phi) is 4.00. The van der Waals surface area contributed by atoms with Gasteiger partial charge in [0.05, 0.1) is 6.42 Å². The van der Waals surface area contributed by atoms with Crippen molar-refractivity contribution >= 4 is 11.6 Å². The normalized spacial score (nSPS) is 9.93. The van der Waals surface area contributed by atoms with Crippen molar-refractivity contribution in [1.29, 1.82) is 0 Å². The fraction of sp³-hybridized carbons (Fsp3) is 0.273. The topological polar surface area (TPSA) is 74.6 Å². The predicted molar refractivity (Wildman–Crippen MR) is 53.5 cm³/mol. The number of benzene rings is 1. The summed E-state index contributed by atoms with van der Waals surface area (Å²) in [5.41, 5.74) is 0.739. The highest BCUT2D eigenvalue weighted by molar-refractivity contribution is 6.00. The monoisotopic (exact) mass is 208 g/mol. The first kappa shape index (κ1) is 11.4. The summed E-state index contributed by atoms with van der Waals surface area (Å²) < 4.78 is 0. The summed E-state index contributed by atoms with van der Waals surface area (Å²) >= 11 is 0. The second-order valence-electron chi connectivity index (χ2n) is 3.26. The lowest BCUT2D eigenvalue weighted by atomic mass is 10.1. The lowest BCUT2D eigenvalue weighted by Crippen LogP contribution is -2.12. The van der Waals surface area contributed by atoms with Gasteiger partial charge in [-0.3, -0.25) is 9.59 Å². The molecule has 1 rings (SSSR count). The fourth-order valence-electron chi connectivity index (χ4n) is 1.18. The summed E-state index contributed by atoms with van der Waals surface area (Å²) in [6.07, 6.45) is -0.0939.